The van der Waals surface area contributed by atoms with Gasteiger partial charge in [-0.05, 0) is 32.4 Å². The van der Waals surface area contributed by atoms with Crippen LogP contribution < -0.4 is 5.32 Å². The van der Waals surface area contributed by atoms with Crippen LogP contribution in [0.4, 0.5) is 0 Å². The van der Waals surface area contributed by atoms with Crippen molar-refractivity contribution in [3.63, 3.8) is 0 Å². The molecule has 0 spiro atoms. The van der Waals surface area contributed by atoms with Crippen LogP contribution in [0.25, 0.3) is 0 Å². The van der Waals surface area contributed by atoms with Gasteiger partial charge in [0.15, 0.2) is 0 Å². The van der Waals surface area contributed by atoms with E-state index >= 15 is 0 Å². The Morgan fingerprint density at radius 2 is 1.93 bits per heavy atom. The van der Waals surface area contributed by atoms with Gasteiger partial charge in [0.05, 0.1) is 0 Å². The number of Topliss-reactive ketones (excluding diaryl/α,β-unsaturated/α-hetero) is 1. The molecular weight excluding hydrogens is 174 g/mol. The Hall–Kier alpha value is -0.370. The summed E-state index contributed by atoms with van der Waals surface area (Å²) in [6, 6.07) is 0. The first-order valence-corrected chi connectivity index (χ1v) is 5.87. The summed E-state index contributed by atoms with van der Waals surface area (Å²) in [5, 5.41) is 3.34. The molecule has 0 bridgehead atoms. The van der Waals surface area contributed by atoms with Gasteiger partial charge in [-0.1, -0.05) is 27.2 Å². The first-order valence-electron chi connectivity index (χ1n) is 5.87. The van der Waals surface area contributed by atoms with Crippen molar-refractivity contribution in [3.8, 4) is 0 Å². The predicted octanol–water partition coefficient (Wildman–Crippen LogP) is 2.38. The summed E-state index contributed by atoms with van der Waals surface area (Å²) < 4.78 is 0. The summed E-state index contributed by atoms with van der Waals surface area (Å²) in [7, 11) is 0. The van der Waals surface area contributed by atoms with Crippen molar-refractivity contribution in [2.45, 2.75) is 46.5 Å². The van der Waals surface area contributed by atoms with Gasteiger partial charge < -0.3 is 5.32 Å². The summed E-state index contributed by atoms with van der Waals surface area (Å²) in [6.45, 7) is 8.26. The van der Waals surface area contributed by atoms with Gasteiger partial charge in [-0.2, -0.15) is 0 Å². The van der Waals surface area contributed by atoms with Gasteiger partial charge in [0.2, 0.25) is 0 Å². The van der Waals surface area contributed by atoms with E-state index in [-0.39, 0.29) is 11.3 Å². The lowest BCUT2D eigenvalue weighted by molar-refractivity contribution is -0.134. The van der Waals surface area contributed by atoms with E-state index in [1.807, 2.05) is 13.8 Å². The van der Waals surface area contributed by atoms with Crippen LogP contribution in [0.3, 0.4) is 0 Å². The summed E-state index contributed by atoms with van der Waals surface area (Å²) in [5.74, 6) is 0.681. The van der Waals surface area contributed by atoms with Gasteiger partial charge in [0, 0.05) is 11.3 Å². The molecule has 0 saturated carbocycles. The summed E-state index contributed by atoms with van der Waals surface area (Å²) >= 11 is 0. The second kappa shape index (κ2) is 4.92. The molecule has 1 rings (SSSR count). The normalized spacial score (nSPS) is 21.1. The number of piperidine rings is 1. The molecule has 0 aromatic carbocycles. The lowest BCUT2D eigenvalue weighted by Gasteiger charge is -2.37. The molecule has 1 aliphatic heterocycles. The number of hydrogen-bond donors (Lipinski definition) is 1. The third kappa shape index (κ3) is 2.35. The van der Waals surface area contributed by atoms with Crippen molar-refractivity contribution < 1.29 is 4.79 Å². The summed E-state index contributed by atoms with van der Waals surface area (Å²) in [5.41, 5.74) is 0.00810. The molecule has 0 amide bonds. The zero-order valence-corrected chi connectivity index (χ0v) is 9.73. The van der Waals surface area contributed by atoms with Crippen LogP contribution in [0, 0.1) is 11.3 Å². The fraction of sp³-hybridized carbons (Fsp3) is 0.917. The largest absolute Gasteiger partial charge is 0.317 e. The minimum absolute atomic E-state index is 0.00810. The molecule has 1 N–H and O–H groups in total. The van der Waals surface area contributed by atoms with Gasteiger partial charge >= 0.3 is 0 Å². The first-order chi connectivity index (χ1) is 6.62. The van der Waals surface area contributed by atoms with Crippen LogP contribution in [-0.2, 0) is 4.79 Å². The third-order valence-electron chi connectivity index (χ3n) is 3.34. The highest BCUT2D eigenvalue weighted by Gasteiger charge is 2.38. The summed E-state index contributed by atoms with van der Waals surface area (Å²) in [4.78, 5) is 12.2. The molecule has 2 heteroatoms. The number of carbonyl (C=O) groups excluding carboxylic acids is 1. The molecule has 82 valence electrons. The van der Waals surface area contributed by atoms with Crippen LogP contribution in [0.5, 0.6) is 0 Å². The average molecular weight is 197 g/mol. The van der Waals surface area contributed by atoms with Gasteiger partial charge in [0.1, 0.15) is 5.78 Å². The van der Waals surface area contributed by atoms with E-state index in [1.165, 1.54) is 0 Å². The number of carbonyl (C=O) groups is 1. The minimum Gasteiger partial charge on any atom is -0.317 e. The molecule has 0 aromatic rings. The van der Waals surface area contributed by atoms with Crippen LogP contribution >= 0.6 is 0 Å². The molecule has 0 radical (unpaired) electrons. The zero-order chi connectivity index (χ0) is 10.6. The Morgan fingerprint density at radius 1 is 1.36 bits per heavy atom. The van der Waals surface area contributed by atoms with Crippen molar-refractivity contribution in [1.29, 1.82) is 0 Å². The van der Waals surface area contributed by atoms with Gasteiger partial charge in [-0.25, -0.2) is 0 Å². The molecule has 1 aliphatic rings. The van der Waals surface area contributed by atoms with E-state index in [4.69, 9.17) is 0 Å². The lowest BCUT2D eigenvalue weighted by atomic mass is 9.69. The number of hydrogen-bond acceptors (Lipinski definition) is 2. The van der Waals surface area contributed by atoms with Gasteiger partial charge in [-0.15, -0.1) is 0 Å². The molecule has 0 unspecified atom stereocenters. The third-order valence-corrected chi connectivity index (χ3v) is 3.34. The average Bonchev–Trinajstić information content (AvgIpc) is 2.18. The highest BCUT2D eigenvalue weighted by Crippen LogP contribution is 2.37. The number of ketones is 1. The molecule has 1 saturated heterocycles. The van der Waals surface area contributed by atoms with Crippen LogP contribution in [0.15, 0.2) is 0 Å². The highest BCUT2D eigenvalue weighted by molar-refractivity contribution is 5.86. The van der Waals surface area contributed by atoms with Gasteiger partial charge in [0.25, 0.3) is 0 Å². The minimum atomic E-state index is 0.00810. The second-order valence-electron chi connectivity index (χ2n) is 4.80. The molecule has 0 atom stereocenters. The molecule has 1 heterocycles. The highest BCUT2D eigenvalue weighted by atomic mass is 16.1. The van der Waals surface area contributed by atoms with E-state index < -0.39 is 0 Å². The maximum atomic E-state index is 12.2. The monoisotopic (exact) mass is 197 g/mol. The fourth-order valence-corrected chi connectivity index (χ4v) is 2.62. The van der Waals surface area contributed by atoms with E-state index in [0.717, 1.165) is 38.8 Å². The van der Waals surface area contributed by atoms with E-state index in [9.17, 15) is 4.79 Å². The van der Waals surface area contributed by atoms with E-state index in [2.05, 4.69) is 12.2 Å². The smallest absolute Gasteiger partial charge is 0.141 e. The second-order valence-corrected chi connectivity index (χ2v) is 4.80. The Bertz CT molecular complexity index is 187. The Morgan fingerprint density at radius 3 is 2.36 bits per heavy atom. The van der Waals surface area contributed by atoms with E-state index in [1.54, 1.807) is 0 Å². The van der Waals surface area contributed by atoms with Crippen LogP contribution in [-0.4, -0.2) is 18.9 Å². The van der Waals surface area contributed by atoms with Crippen molar-refractivity contribution >= 4 is 5.78 Å². The molecular formula is C12H23NO. The standard InChI is InChI=1S/C12H23NO/c1-4-5-12(11(14)10(2)3)6-8-13-9-7-12/h10,13H,4-9H2,1-3H3. The topological polar surface area (TPSA) is 29.1 Å². The van der Waals surface area contributed by atoms with Crippen molar-refractivity contribution in [2.24, 2.45) is 11.3 Å². The molecule has 0 aliphatic carbocycles. The number of rotatable bonds is 4. The molecule has 1 fully saturated rings. The number of nitrogens with one attached hydrogen (secondary N) is 1. The predicted molar refractivity (Wildman–Crippen MR) is 59.3 cm³/mol. The van der Waals surface area contributed by atoms with E-state index in [0.29, 0.717) is 5.78 Å². The molecule has 2 nitrogen and oxygen atoms in total. The fourth-order valence-electron chi connectivity index (χ4n) is 2.62. The van der Waals surface area contributed by atoms with Crippen LogP contribution in [0.2, 0.25) is 0 Å². The maximum Gasteiger partial charge on any atom is 0.141 e. The quantitative estimate of drug-likeness (QED) is 0.749. The van der Waals surface area contributed by atoms with Gasteiger partial charge in [-0.3, -0.25) is 4.79 Å². The van der Waals surface area contributed by atoms with Crippen molar-refractivity contribution in [2.75, 3.05) is 13.1 Å². The van der Waals surface area contributed by atoms with Crippen LogP contribution in [0.1, 0.15) is 46.5 Å². The lowest BCUT2D eigenvalue weighted by Crippen LogP contribution is -2.43. The molecule has 0 aromatic heterocycles. The summed E-state index contributed by atoms with van der Waals surface area (Å²) in [6.07, 6.45) is 4.28. The Balaban J connectivity index is 2.74. The zero-order valence-electron chi connectivity index (χ0n) is 9.73. The SMILES string of the molecule is CCCC1(C(=O)C(C)C)CCNCC1. The Labute approximate surface area is 87.5 Å². The molecule has 14 heavy (non-hydrogen) atoms. The van der Waals surface area contributed by atoms with Crippen molar-refractivity contribution in [1.82, 2.24) is 5.32 Å². The van der Waals surface area contributed by atoms with Crippen molar-refractivity contribution in [3.05, 3.63) is 0 Å². The maximum absolute atomic E-state index is 12.2. The first kappa shape index (κ1) is 11.7. The Kier molecular flexibility index (Phi) is 4.11.